The smallest absolute Gasteiger partial charge is 0.102 e. The van der Waals surface area contributed by atoms with Crippen LogP contribution in [0.4, 0.5) is 0 Å². The fourth-order valence-electron chi connectivity index (χ4n) is 1.82. The maximum Gasteiger partial charge on any atom is 0.102 e. The third kappa shape index (κ3) is 3.06. The summed E-state index contributed by atoms with van der Waals surface area (Å²) in [6, 6.07) is 8.27. The molecular formula is C14H20O2. The quantitative estimate of drug-likeness (QED) is 0.826. The molecule has 0 bridgehead atoms. The van der Waals surface area contributed by atoms with Crippen LogP contribution in [0.15, 0.2) is 24.3 Å². The Balaban J connectivity index is 1.98. The van der Waals surface area contributed by atoms with Crippen molar-refractivity contribution >= 4 is 0 Å². The second-order valence-corrected chi connectivity index (χ2v) is 4.84. The van der Waals surface area contributed by atoms with Crippen molar-refractivity contribution in [2.75, 3.05) is 6.61 Å². The van der Waals surface area contributed by atoms with Crippen LogP contribution >= 0.6 is 0 Å². The van der Waals surface area contributed by atoms with Gasteiger partial charge in [-0.1, -0.05) is 24.3 Å². The van der Waals surface area contributed by atoms with E-state index in [1.807, 2.05) is 26.0 Å². The van der Waals surface area contributed by atoms with Gasteiger partial charge in [0.2, 0.25) is 0 Å². The zero-order valence-electron chi connectivity index (χ0n) is 10.0. The zero-order chi connectivity index (χ0) is 11.5. The molecule has 2 nitrogen and oxygen atoms in total. The SMILES string of the molecule is CC(C)OCC(O)c1cccc(C2CC2)c1. The van der Waals surface area contributed by atoms with E-state index in [0.29, 0.717) is 6.61 Å². The molecule has 0 amide bonds. The first kappa shape index (κ1) is 11.6. The summed E-state index contributed by atoms with van der Waals surface area (Å²) in [5.74, 6) is 0.734. The van der Waals surface area contributed by atoms with E-state index in [1.165, 1.54) is 18.4 Å². The Morgan fingerprint density at radius 2 is 2.12 bits per heavy atom. The Hall–Kier alpha value is -0.860. The van der Waals surface area contributed by atoms with E-state index in [4.69, 9.17) is 4.74 Å². The monoisotopic (exact) mass is 220 g/mol. The first-order valence-electron chi connectivity index (χ1n) is 6.06. The molecular weight excluding hydrogens is 200 g/mol. The van der Waals surface area contributed by atoms with Crippen molar-refractivity contribution in [3.05, 3.63) is 35.4 Å². The van der Waals surface area contributed by atoms with Gasteiger partial charge in [-0.3, -0.25) is 0 Å². The fourth-order valence-corrected chi connectivity index (χ4v) is 1.82. The predicted molar refractivity (Wildman–Crippen MR) is 64.5 cm³/mol. The number of aliphatic hydroxyl groups excluding tert-OH is 1. The van der Waals surface area contributed by atoms with Crippen LogP contribution in [0, 0.1) is 0 Å². The summed E-state index contributed by atoms with van der Waals surface area (Å²) in [4.78, 5) is 0. The molecule has 1 aromatic rings. The van der Waals surface area contributed by atoms with Gasteiger partial charge in [0.25, 0.3) is 0 Å². The number of ether oxygens (including phenoxy) is 1. The predicted octanol–water partition coefficient (Wildman–Crippen LogP) is 3.02. The molecule has 1 atom stereocenters. The largest absolute Gasteiger partial charge is 0.386 e. The van der Waals surface area contributed by atoms with Crippen LogP contribution in [0.25, 0.3) is 0 Å². The lowest BCUT2D eigenvalue weighted by molar-refractivity contribution is 0.00490. The van der Waals surface area contributed by atoms with Gasteiger partial charge >= 0.3 is 0 Å². The number of hydrogen-bond acceptors (Lipinski definition) is 2. The van der Waals surface area contributed by atoms with Gasteiger partial charge < -0.3 is 9.84 Å². The van der Waals surface area contributed by atoms with Gasteiger partial charge in [0.1, 0.15) is 6.10 Å². The summed E-state index contributed by atoms with van der Waals surface area (Å²) < 4.78 is 5.42. The highest BCUT2D eigenvalue weighted by Gasteiger charge is 2.24. The molecule has 88 valence electrons. The molecule has 0 saturated heterocycles. The first-order valence-corrected chi connectivity index (χ1v) is 6.06. The molecule has 2 rings (SSSR count). The number of aliphatic hydroxyl groups is 1. The molecule has 2 heteroatoms. The Labute approximate surface area is 97.3 Å². The fraction of sp³-hybridized carbons (Fsp3) is 0.571. The van der Waals surface area contributed by atoms with E-state index < -0.39 is 6.10 Å². The Bertz CT molecular complexity index is 342. The molecule has 0 aliphatic heterocycles. The molecule has 1 N–H and O–H groups in total. The van der Waals surface area contributed by atoms with E-state index in [-0.39, 0.29) is 6.10 Å². The van der Waals surface area contributed by atoms with Crippen LogP contribution in [0.2, 0.25) is 0 Å². The van der Waals surface area contributed by atoms with Crippen LogP contribution in [0.1, 0.15) is 49.8 Å². The number of rotatable bonds is 5. The number of hydrogen-bond donors (Lipinski definition) is 1. The van der Waals surface area contributed by atoms with Gasteiger partial charge in [-0.05, 0) is 43.7 Å². The maximum atomic E-state index is 9.97. The van der Waals surface area contributed by atoms with Crippen molar-refractivity contribution < 1.29 is 9.84 Å². The van der Waals surface area contributed by atoms with Crippen molar-refractivity contribution in [2.45, 2.75) is 44.8 Å². The van der Waals surface area contributed by atoms with E-state index >= 15 is 0 Å². The van der Waals surface area contributed by atoms with Gasteiger partial charge in [0.15, 0.2) is 0 Å². The van der Waals surface area contributed by atoms with Gasteiger partial charge in [-0.15, -0.1) is 0 Å². The van der Waals surface area contributed by atoms with Gasteiger partial charge in [-0.2, -0.15) is 0 Å². The Morgan fingerprint density at radius 1 is 1.38 bits per heavy atom. The van der Waals surface area contributed by atoms with Crippen molar-refractivity contribution in [3.63, 3.8) is 0 Å². The molecule has 16 heavy (non-hydrogen) atoms. The van der Waals surface area contributed by atoms with Crippen LogP contribution in [-0.2, 0) is 4.74 Å². The first-order chi connectivity index (χ1) is 7.66. The lowest BCUT2D eigenvalue weighted by Gasteiger charge is -2.14. The third-order valence-electron chi connectivity index (χ3n) is 2.93. The summed E-state index contributed by atoms with van der Waals surface area (Å²) in [7, 11) is 0. The second-order valence-electron chi connectivity index (χ2n) is 4.84. The van der Waals surface area contributed by atoms with E-state index in [2.05, 4.69) is 12.1 Å². The van der Waals surface area contributed by atoms with Crippen LogP contribution in [0.5, 0.6) is 0 Å². The van der Waals surface area contributed by atoms with E-state index in [1.54, 1.807) is 0 Å². The molecule has 1 saturated carbocycles. The highest BCUT2D eigenvalue weighted by molar-refractivity contribution is 5.30. The van der Waals surface area contributed by atoms with Gasteiger partial charge in [0.05, 0.1) is 12.7 Å². The highest BCUT2D eigenvalue weighted by atomic mass is 16.5. The van der Waals surface area contributed by atoms with Crippen LogP contribution in [0.3, 0.4) is 0 Å². The summed E-state index contributed by atoms with van der Waals surface area (Å²) in [6.45, 7) is 4.34. The Morgan fingerprint density at radius 3 is 2.75 bits per heavy atom. The summed E-state index contributed by atoms with van der Waals surface area (Å²) >= 11 is 0. The molecule has 0 radical (unpaired) electrons. The van der Waals surface area contributed by atoms with Crippen molar-refractivity contribution in [3.8, 4) is 0 Å². The van der Waals surface area contributed by atoms with Crippen molar-refractivity contribution in [1.82, 2.24) is 0 Å². The highest BCUT2D eigenvalue weighted by Crippen LogP contribution is 2.40. The van der Waals surface area contributed by atoms with Gasteiger partial charge in [-0.25, -0.2) is 0 Å². The molecule has 1 fully saturated rings. The lowest BCUT2D eigenvalue weighted by Crippen LogP contribution is -2.11. The molecule has 1 aliphatic rings. The molecule has 1 aliphatic carbocycles. The summed E-state index contributed by atoms with van der Waals surface area (Å²) in [5, 5.41) is 9.97. The third-order valence-corrected chi connectivity index (χ3v) is 2.93. The van der Waals surface area contributed by atoms with Crippen LogP contribution in [-0.4, -0.2) is 17.8 Å². The van der Waals surface area contributed by atoms with Crippen LogP contribution < -0.4 is 0 Å². The van der Waals surface area contributed by atoms with Gasteiger partial charge in [0, 0.05) is 0 Å². The standard InChI is InChI=1S/C14H20O2/c1-10(2)16-9-14(15)13-5-3-4-12(8-13)11-6-7-11/h3-5,8,10-11,14-15H,6-7,9H2,1-2H3. The number of benzene rings is 1. The topological polar surface area (TPSA) is 29.5 Å². The molecule has 0 heterocycles. The molecule has 0 aromatic heterocycles. The molecule has 1 unspecified atom stereocenters. The van der Waals surface area contributed by atoms with Crippen molar-refractivity contribution in [2.24, 2.45) is 0 Å². The zero-order valence-corrected chi connectivity index (χ0v) is 10.0. The maximum absolute atomic E-state index is 9.97. The average molecular weight is 220 g/mol. The van der Waals surface area contributed by atoms with E-state index in [9.17, 15) is 5.11 Å². The molecule has 0 spiro atoms. The summed E-state index contributed by atoms with van der Waals surface area (Å²) in [6.07, 6.45) is 2.26. The minimum atomic E-state index is -0.499. The Kier molecular flexibility index (Phi) is 3.62. The normalized spacial score (nSPS) is 17.8. The lowest BCUT2D eigenvalue weighted by atomic mass is 10.0. The second kappa shape index (κ2) is 4.98. The summed E-state index contributed by atoms with van der Waals surface area (Å²) in [5.41, 5.74) is 2.34. The molecule has 1 aromatic carbocycles. The average Bonchev–Trinajstić information content (AvgIpc) is 3.10. The van der Waals surface area contributed by atoms with Crippen molar-refractivity contribution in [1.29, 1.82) is 0 Å². The minimum absolute atomic E-state index is 0.168. The van der Waals surface area contributed by atoms with E-state index in [0.717, 1.165) is 11.5 Å². The minimum Gasteiger partial charge on any atom is -0.386 e.